The van der Waals surface area contributed by atoms with Gasteiger partial charge in [0.2, 0.25) is 0 Å². The van der Waals surface area contributed by atoms with Gasteiger partial charge in [-0.15, -0.1) is 0 Å². The maximum Gasteiger partial charge on any atom is 0.424 e. The lowest BCUT2D eigenvalue weighted by Crippen LogP contribution is -2.30. The number of primary amides is 1. The molecule has 1 aromatic carbocycles. The molecule has 7 nitrogen and oxygen atoms in total. The second kappa shape index (κ2) is 4.92. The first-order valence-electron chi connectivity index (χ1n) is 4.23. The predicted octanol–water partition coefficient (Wildman–Crippen LogP) is -0.566. The number of carbonyl (C=O) groups excluding carboxylic acids is 1. The van der Waals surface area contributed by atoms with E-state index in [1.807, 2.05) is 0 Å². The van der Waals surface area contributed by atoms with E-state index in [4.69, 9.17) is 5.73 Å². The summed E-state index contributed by atoms with van der Waals surface area (Å²) in [5, 5.41) is 0. The molecule has 8 heteroatoms. The number of hydrogen-bond acceptors (Lipinski definition) is 5. The predicted molar refractivity (Wildman–Crippen MR) is 55.3 cm³/mol. The van der Waals surface area contributed by atoms with Crippen LogP contribution in [0.1, 0.15) is 5.56 Å². The molecule has 16 heavy (non-hydrogen) atoms. The maximum absolute atomic E-state index is 11.5. The van der Waals surface area contributed by atoms with Crippen LogP contribution in [0.3, 0.4) is 0 Å². The standard InChI is InChI=1S/C8H11N3O4S/c9-5-6-1-3-7(4-2-6)16(13,14)11-15-8(10)12/h1-4,11H,5,9H2,(H2,10,12). The molecule has 0 saturated carbocycles. The molecule has 1 amide bonds. The zero-order valence-electron chi connectivity index (χ0n) is 8.21. The third kappa shape index (κ3) is 3.19. The van der Waals surface area contributed by atoms with E-state index in [9.17, 15) is 13.2 Å². The Hall–Kier alpha value is -1.64. The molecule has 0 spiro atoms. The molecule has 88 valence electrons. The smallest absolute Gasteiger partial charge is 0.338 e. The highest BCUT2D eigenvalue weighted by Gasteiger charge is 2.15. The number of sulfonamides is 1. The molecule has 0 aliphatic rings. The summed E-state index contributed by atoms with van der Waals surface area (Å²) >= 11 is 0. The Labute approximate surface area is 92.4 Å². The fraction of sp³-hybridized carbons (Fsp3) is 0.125. The van der Waals surface area contributed by atoms with Gasteiger partial charge in [0.25, 0.3) is 10.0 Å². The number of amides is 1. The third-order valence-corrected chi connectivity index (χ3v) is 2.92. The topological polar surface area (TPSA) is 125 Å². The van der Waals surface area contributed by atoms with Gasteiger partial charge in [-0.1, -0.05) is 12.1 Å². The zero-order chi connectivity index (χ0) is 12.2. The van der Waals surface area contributed by atoms with Gasteiger partial charge in [-0.25, -0.2) is 13.2 Å². The first-order chi connectivity index (χ1) is 7.45. The van der Waals surface area contributed by atoms with Crippen LogP contribution < -0.4 is 16.4 Å². The molecule has 0 aliphatic carbocycles. The van der Waals surface area contributed by atoms with Crippen LogP contribution in [0.2, 0.25) is 0 Å². The van der Waals surface area contributed by atoms with Crippen LogP contribution in [0, 0.1) is 0 Å². The van der Waals surface area contributed by atoms with Crippen LogP contribution in [0.5, 0.6) is 0 Å². The lowest BCUT2D eigenvalue weighted by atomic mass is 10.2. The van der Waals surface area contributed by atoms with Crippen molar-refractivity contribution in [1.82, 2.24) is 4.89 Å². The summed E-state index contributed by atoms with van der Waals surface area (Å²) in [5.41, 5.74) is 10.8. The molecule has 0 unspecified atom stereocenters. The summed E-state index contributed by atoms with van der Waals surface area (Å²) in [7, 11) is -3.89. The minimum atomic E-state index is -3.89. The van der Waals surface area contributed by atoms with E-state index in [1.54, 1.807) is 17.0 Å². The normalized spacial score (nSPS) is 11.1. The average molecular weight is 245 g/mol. The summed E-state index contributed by atoms with van der Waals surface area (Å²) < 4.78 is 22.9. The van der Waals surface area contributed by atoms with Gasteiger partial charge in [-0.05, 0) is 22.6 Å². The number of benzene rings is 1. The lowest BCUT2D eigenvalue weighted by molar-refractivity contribution is 0.135. The van der Waals surface area contributed by atoms with E-state index in [-0.39, 0.29) is 4.90 Å². The SMILES string of the molecule is NCc1ccc(S(=O)(=O)NOC(N)=O)cc1. The largest absolute Gasteiger partial charge is 0.424 e. The quantitative estimate of drug-likeness (QED) is 0.613. The van der Waals surface area contributed by atoms with Crippen molar-refractivity contribution in [1.29, 1.82) is 0 Å². The molecular formula is C8H11N3O4S. The monoisotopic (exact) mass is 245 g/mol. The highest BCUT2D eigenvalue weighted by atomic mass is 32.2. The van der Waals surface area contributed by atoms with Gasteiger partial charge in [-0.2, -0.15) is 0 Å². The van der Waals surface area contributed by atoms with Crippen LogP contribution in [0.25, 0.3) is 0 Å². The van der Waals surface area contributed by atoms with Crippen LogP contribution >= 0.6 is 0 Å². The van der Waals surface area contributed by atoms with Crippen LogP contribution in [0.15, 0.2) is 29.2 Å². The fourth-order valence-electron chi connectivity index (χ4n) is 0.949. The van der Waals surface area contributed by atoms with Crippen molar-refractivity contribution in [3.63, 3.8) is 0 Å². The van der Waals surface area contributed by atoms with Crippen molar-refractivity contribution < 1.29 is 18.0 Å². The number of carbonyl (C=O) groups is 1. The van der Waals surface area contributed by atoms with Crippen LogP contribution in [0.4, 0.5) is 4.79 Å². The summed E-state index contributed by atoms with van der Waals surface area (Å²) in [4.78, 5) is 15.8. The highest BCUT2D eigenvalue weighted by molar-refractivity contribution is 7.89. The van der Waals surface area contributed by atoms with E-state index in [2.05, 4.69) is 10.6 Å². The molecule has 0 fully saturated rings. The van der Waals surface area contributed by atoms with Crippen molar-refractivity contribution in [3.05, 3.63) is 29.8 Å². The summed E-state index contributed by atoms with van der Waals surface area (Å²) in [6.07, 6.45) is -1.23. The highest BCUT2D eigenvalue weighted by Crippen LogP contribution is 2.09. The van der Waals surface area contributed by atoms with Gasteiger partial charge in [0.15, 0.2) is 0 Å². The van der Waals surface area contributed by atoms with Crippen molar-refractivity contribution in [2.75, 3.05) is 0 Å². The number of rotatable bonds is 4. The molecule has 0 heterocycles. The fourth-order valence-corrected chi connectivity index (χ4v) is 1.73. The van der Waals surface area contributed by atoms with Crippen molar-refractivity contribution in [2.24, 2.45) is 11.5 Å². The van der Waals surface area contributed by atoms with E-state index < -0.39 is 16.1 Å². The Morgan fingerprint density at radius 3 is 2.31 bits per heavy atom. The summed E-state index contributed by atoms with van der Waals surface area (Å²) in [5.74, 6) is 0. The van der Waals surface area contributed by atoms with Gasteiger partial charge in [0.1, 0.15) is 0 Å². The first kappa shape index (κ1) is 12.4. The Morgan fingerprint density at radius 1 is 1.31 bits per heavy atom. The van der Waals surface area contributed by atoms with Gasteiger partial charge >= 0.3 is 6.09 Å². The molecular weight excluding hydrogens is 234 g/mol. The van der Waals surface area contributed by atoms with Gasteiger partial charge in [0, 0.05) is 6.54 Å². The molecule has 0 bridgehead atoms. The van der Waals surface area contributed by atoms with Crippen molar-refractivity contribution in [2.45, 2.75) is 11.4 Å². The van der Waals surface area contributed by atoms with Gasteiger partial charge < -0.3 is 16.3 Å². The van der Waals surface area contributed by atoms with Gasteiger partial charge in [0.05, 0.1) is 4.90 Å². The molecule has 0 atom stereocenters. The lowest BCUT2D eigenvalue weighted by Gasteiger charge is -2.05. The Kier molecular flexibility index (Phi) is 3.82. The van der Waals surface area contributed by atoms with E-state index >= 15 is 0 Å². The van der Waals surface area contributed by atoms with Crippen molar-refractivity contribution in [3.8, 4) is 0 Å². The second-order valence-electron chi connectivity index (χ2n) is 2.86. The van der Waals surface area contributed by atoms with E-state index in [1.165, 1.54) is 12.1 Å². The summed E-state index contributed by atoms with van der Waals surface area (Å²) in [6.45, 7) is 0.311. The van der Waals surface area contributed by atoms with E-state index in [0.717, 1.165) is 5.56 Å². The van der Waals surface area contributed by atoms with Crippen LogP contribution in [-0.4, -0.2) is 14.5 Å². The Balaban J connectivity index is 2.85. The number of nitrogens with one attached hydrogen (secondary N) is 1. The molecule has 1 aromatic rings. The molecule has 1 rings (SSSR count). The first-order valence-corrected chi connectivity index (χ1v) is 5.71. The Morgan fingerprint density at radius 2 is 1.88 bits per heavy atom. The molecule has 0 aromatic heterocycles. The summed E-state index contributed by atoms with van der Waals surface area (Å²) in [6, 6.07) is 5.79. The number of hydrogen-bond donors (Lipinski definition) is 3. The minimum absolute atomic E-state index is 0.0500. The van der Waals surface area contributed by atoms with Crippen LogP contribution in [-0.2, 0) is 21.4 Å². The van der Waals surface area contributed by atoms with Crippen molar-refractivity contribution >= 4 is 16.1 Å². The molecule has 0 aliphatic heterocycles. The molecule has 0 saturated heterocycles. The minimum Gasteiger partial charge on any atom is -0.338 e. The second-order valence-corrected chi connectivity index (χ2v) is 4.50. The zero-order valence-corrected chi connectivity index (χ0v) is 9.03. The average Bonchev–Trinajstić information content (AvgIpc) is 2.27. The third-order valence-electron chi connectivity index (χ3n) is 1.72. The van der Waals surface area contributed by atoms with E-state index in [0.29, 0.717) is 6.54 Å². The molecule has 0 radical (unpaired) electrons. The van der Waals surface area contributed by atoms with Gasteiger partial charge in [-0.3, -0.25) is 0 Å². The number of nitrogens with two attached hydrogens (primary N) is 2. The Bertz CT molecular complexity index is 469. The maximum atomic E-state index is 11.5. The molecule has 5 N–H and O–H groups in total.